The van der Waals surface area contributed by atoms with Gasteiger partial charge in [0.05, 0.1) is 6.20 Å². The highest BCUT2D eigenvalue weighted by Crippen LogP contribution is 2.10. The molecule has 0 aromatic carbocycles. The van der Waals surface area contributed by atoms with Gasteiger partial charge in [-0.15, -0.1) is 0 Å². The molecular formula is C14H21N3O. The van der Waals surface area contributed by atoms with E-state index >= 15 is 0 Å². The lowest BCUT2D eigenvalue weighted by molar-refractivity contribution is -0.126. The second kappa shape index (κ2) is 6.19. The third kappa shape index (κ3) is 3.87. The van der Waals surface area contributed by atoms with Crippen molar-refractivity contribution in [3.05, 3.63) is 42.8 Å². The molecule has 1 rings (SSSR count). The van der Waals surface area contributed by atoms with Crippen LogP contribution in [-0.4, -0.2) is 27.1 Å². The standard InChI is InChI=1S/C14H21N3O/c1-6-14(18)16(8-11(2)3)9-13-7-15-17(10-13)12(4)5/h6-7,10,12H,1-2,8-9H2,3-5H3. The second-order valence-corrected chi connectivity index (χ2v) is 4.78. The van der Waals surface area contributed by atoms with Gasteiger partial charge >= 0.3 is 0 Å². The third-order valence-electron chi connectivity index (χ3n) is 2.50. The molecule has 18 heavy (non-hydrogen) atoms. The lowest BCUT2D eigenvalue weighted by Gasteiger charge is -2.20. The van der Waals surface area contributed by atoms with E-state index in [4.69, 9.17) is 0 Å². The van der Waals surface area contributed by atoms with Crippen molar-refractivity contribution >= 4 is 5.91 Å². The van der Waals surface area contributed by atoms with Crippen molar-refractivity contribution in [2.45, 2.75) is 33.4 Å². The van der Waals surface area contributed by atoms with Crippen molar-refractivity contribution in [3.8, 4) is 0 Å². The molecule has 0 aliphatic rings. The van der Waals surface area contributed by atoms with Crippen molar-refractivity contribution in [2.24, 2.45) is 0 Å². The van der Waals surface area contributed by atoms with Crippen molar-refractivity contribution < 1.29 is 4.79 Å². The van der Waals surface area contributed by atoms with Gasteiger partial charge in [0.15, 0.2) is 0 Å². The Bertz CT molecular complexity index is 446. The molecule has 0 spiro atoms. The summed E-state index contributed by atoms with van der Waals surface area (Å²) >= 11 is 0. The lowest BCUT2D eigenvalue weighted by atomic mass is 10.2. The first kappa shape index (κ1) is 14.2. The van der Waals surface area contributed by atoms with Crippen molar-refractivity contribution in [2.75, 3.05) is 6.54 Å². The van der Waals surface area contributed by atoms with Crippen LogP contribution >= 0.6 is 0 Å². The second-order valence-electron chi connectivity index (χ2n) is 4.78. The molecule has 0 aliphatic heterocycles. The first-order valence-electron chi connectivity index (χ1n) is 6.02. The van der Waals surface area contributed by atoms with E-state index in [-0.39, 0.29) is 5.91 Å². The number of amides is 1. The van der Waals surface area contributed by atoms with Gasteiger partial charge in [0.25, 0.3) is 0 Å². The molecular weight excluding hydrogens is 226 g/mol. The molecule has 0 radical (unpaired) electrons. The van der Waals surface area contributed by atoms with E-state index in [1.807, 2.05) is 17.8 Å². The zero-order chi connectivity index (χ0) is 13.7. The van der Waals surface area contributed by atoms with E-state index in [9.17, 15) is 4.79 Å². The zero-order valence-electron chi connectivity index (χ0n) is 11.4. The maximum absolute atomic E-state index is 11.7. The van der Waals surface area contributed by atoms with E-state index in [1.54, 1.807) is 11.1 Å². The van der Waals surface area contributed by atoms with Gasteiger partial charge in [-0.25, -0.2) is 0 Å². The van der Waals surface area contributed by atoms with E-state index in [2.05, 4.69) is 32.1 Å². The Hall–Kier alpha value is -1.84. The zero-order valence-corrected chi connectivity index (χ0v) is 11.4. The van der Waals surface area contributed by atoms with Crippen LogP contribution < -0.4 is 0 Å². The summed E-state index contributed by atoms with van der Waals surface area (Å²) < 4.78 is 1.88. The van der Waals surface area contributed by atoms with Crippen LogP contribution in [0, 0.1) is 0 Å². The minimum atomic E-state index is -0.0877. The van der Waals surface area contributed by atoms with Gasteiger partial charge in [-0.2, -0.15) is 5.10 Å². The van der Waals surface area contributed by atoms with Crippen LogP contribution in [0.4, 0.5) is 0 Å². The van der Waals surface area contributed by atoms with E-state index < -0.39 is 0 Å². The molecule has 1 aromatic heterocycles. The fourth-order valence-electron chi connectivity index (χ4n) is 1.63. The van der Waals surface area contributed by atoms with Crippen LogP contribution in [0.1, 0.15) is 32.4 Å². The number of nitrogens with zero attached hydrogens (tertiary/aromatic N) is 3. The van der Waals surface area contributed by atoms with E-state index in [0.717, 1.165) is 11.1 Å². The van der Waals surface area contributed by atoms with Crippen molar-refractivity contribution in [1.82, 2.24) is 14.7 Å². The Labute approximate surface area is 109 Å². The predicted octanol–water partition coefficient (Wildman–Crippen LogP) is 2.55. The Balaban J connectivity index is 2.78. The van der Waals surface area contributed by atoms with Crippen LogP contribution in [-0.2, 0) is 11.3 Å². The number of hydrogen-bond acceptors (Lipinski definition) is 2. The monoisotopic (exact) mass is 247 g/mol. The fourth-order valence-corrected chi connectivity index (χ4v) is 1.63. The van der Waals surface area contributed by atoms with Crippen molar-refractivity contribution in [1.29, 1.82) is 0 Å². The highest BCUT2D eigenvalue weighted by molar-refractivity contribution is 5.87. The topological polar surface area (TPSA) is 38.1 Å². The summed E-state index contributed by atoms with van der Waals surface area (Å²) in [7, 11) is 0. The molecule has 0 fully saturated rings. The number of aromatic nitrogens is 2. The summed E-state index contributed by atoms with van der Waals surface area (Å²) in [5.41, 5.74) is 1.96. The fraction of sp³-hybridized carbons (Fsp3) is 0.429. The maximum atomic E-state index is 11.7. The highest BCUT2D eigenvalue weighted by atomic mass is 16.2. The van der Waals surface area contributed by atoms with Gasteiger partial charge in [-0.3, -0.25) is 9.48 Å². The minimum Gasteiger partial charge on any atom is -0.331 e. The summed E-state index contributed by atoms with van der Waals surface area (Å²) in [6.45, 7) is 14.5. The maximum Gasteiger partial charge on any atom is 0.246 e. The average molecular weight is 247 g/mol. The molecule has 1 aromatic rings. The van der Waals surface area contributed by atoms with Gasteiger partial charge in [-0.05, 0) is 26.8 Å². The van der Waals surface area contributed by atoms with Crippen LogP contribution in [0.5, 0.6) is 0 Å². The first-order chi connectivity index (χ1) is 8.43. The van der Waals surface area contributed by atoms with Crippen LogP contribution in [0.3, 0.4) is 0 Å². The molecule has 0 N–H and O–H groups in total. The molecule has 4 nitrogen and oxygen atoms in total. The molecule has 0 saturated heterocycles. The molecule has 0 saturated carbocycles. The Morgan fingerprint density at radius 3 is 2.72 bits per heavy atom. The molecule has 4 heteroatoms. The molecule has 98 valence electrons. The normalized spacial score (nSPS) is 10.4. The third-order valence-corrected chi connectivity index (χ3v) is 2.50. The first-order valence-corrected chi connectivity index (χ1v) is 6.02. The van der Waals surface area contributed by atoms with Crippen LogP contribution in [0.2, 0.25) is 0 Å². The number of hydrogen-bond donors (Lipinski definition) is 0. The average Bonchev–Trinajstić information content (AvgIpc) is 2.75. The van der Waals surface area contributed by atoms with Crippen LogP contribution in [0.15, 0.2) is 37.2 Å². The van der Waals surface area contributed by atoms with Gasteiger partial charge in [0.2, 0.25) is 5.91 Å². The quantitative estimate of drug-likeness (QED) is 0.572. The summed E-state index contributed by atoms with van der Waals surface area (Å²) in [6.07, 6.45) is 5.09. The van der Waals surface area contributed by atoms with Crippen LogP contribution in [0.25, 0.3) is 0 Å². The Morgan fingerprint density at radius 1 is 1.61 bits per heavy atom. The number of carbonyl (C=O) groups excluding carboxylic acids is 1. The molecule has 1 heterocycles. The minimum absolute atomic E-state index is 0.0877. The van der Waals surface area contributed by atoms with Gasteiger partial charge in [-0.1, -0.05) is 18.7 Å². The number of rotatable bonds is 6. The lowest BCUT2D eigenvalue weighted by Crippen LogP contribution is -2.30. The number of carbonyl (C=O) groups is 1. The largest absolute Gasteiger partial charge is 0.331 e. The SMILES string of the molecule is C=CC(=O)N(CC(=C)C)Cc1cnn(C(C)C)c1. The predicted molar refractivity (Wildman–Crippen MR) is 73.0 cm³/mol. The smallest absolute Gasteiger partial charge is 0.246 e. The highest BCUT2D eigenvalue weighted by Gasteiger charge is 2.12. The molecule has 1 amide bonds. The summed E-state index contributed by atoms with van der Waals surface area (Å²) in [5, 5.41) is 4.26. The summed E-state index contributed by atoms with van der Waals surface area (Å²) in [5.74, 6) is -0.0877. The Kier molecular flexibility index (Phi) is 4.89. The molecule has 0 atom stereocenters. The van der Waals surface area contributed by atoms with Crippen molar-refractivity contribution in [3.63, 3.8) is 0 Å². The van der Waals surface area contributed by atoms with Gasteiger partial charge in [0, 0.05) is 30.9 Å². The molecule has 0 bridgehead atoms. The molecule has 0 aliphatic carbocycles. The van der Waals surface area contributed by atoms with Gasteiger partial charge < -0.3 is 4.90 Å². The van der Waals surface area contributed by atoms with E-state index in [1.165, 1.54) is 6.08 Å². The summed E-state index contributed by atoms with van der Waals surface area (Å²) in [4.78, 5) is 13.4. The Morgan fingerprint density at radius 2 is 2.28 bits per heavy atom. The van der Waals surface area contributed by atoms with E-state index in [0.29, 0.717) is 19.1 Å². The van der Waals surface area contributed by atoms with Gasteiger partial charge in [0.1, 0.15) is 0 Å². The summed E-state index contributed by atoms with van der Waals surface area (Å²) in [6, 6.07) is 0.323. The molecule has 0 unspecified atom stereocenters.